The van der Waals surface area contributed by atoms with E-state index in [0.717, 1.165) is 25.7 Å². The van der Waals surface area contributed by atoms with Crippen LogP contribution in [0.3, 0.4) is 0 Å². The summed E-state index contributed by atoms with van der Waals surface area (Å²) in [4.78, 5) is 0. The Labute approximate surface area is 205 Å². The molecule has 1 aliphatic carbocycles. The van der Waals surface area contributed by atoms with Gasteiger partial charge in [0.1, 0.15) is 48.8 Å². The molecule has 11 heteroatoms. The van der Waals surface area contributed by atoms with Gasteiger partial charge in [0.2, 0.25) is 0 Å². The molecule has 0 bridgehead atoms. The van der Waals surface area contributed by atoms with Gasteiger partial charge in [-0.25, -0.2) is 0 Å². The van der Waals surface area contributed by atoms with Crippen LogP contribution in [0.2, 0.25) is 0 Å². The van der Waals surface area contributed by atoms with Crippen LogP contribution in [0.1, 0.15) is 51.4 Å². The predicted molar refractivity (Wildman–Crippen MR) is 122 cm³/mol. The Morgan fingerprint density at radius 3 is 2.11 bits per heavy atom. The molecule has 0 spiro atoms. The quantitative estimate of drug-likeness (QED) is 0.127. The van der Waals surface area contributed by atoms with E-state index >= 15 is 0 Å². The molecule has 2 saturated heterocycles. The molecule has 3 aliphatic rings. The highest BCUT2D eigenvalue weighted by molar-refractivity contribution is 4.94. The topological polar surface area (TPSA) is 179 Å². The van der Waals surface area contributed by atoms with Crippen molar-refractivity contribution in [1.82, 2.24) is 0 Å². The molecule has 204 valence electrons. The first kappa shape index (κ1) is 28.9. The van der Waals surface area contributed by atoms with Crippen LogP contribution in [0.15, 0.2) is 12.2 Å². The largest absolute Gasteiger partial charge is 0.394 e. The predicted octanol–water partition coefficient (Wildman–Crippen LogP) is -1.07. The highest BCUT2D eigenvalue weighted by Gasteiger charge is 2.50. The maximum Gasteiger partial charge on any atom is 0.187 e. The van der Waals surface area contributed by atoms with E-state index in [-0.39, 0.29) is 0 Å². The standard InChI is InChI=1S/C24H42O11/c25-12-15-17(27)18(28)20(30)24(33-15)35-22-16(13-26)34-23(21(31)19(22)29)32-11-7-2-1-4-8-14-9-5-3-6-10-14/h5,9,14-31H,1-4,6-8,10-13H2/t14-,15+,16+,17+,18-,19+,20+,21+,22+,23+,24+/m0/s1. The average molecular weight is 507 g/mol. The molecule has 7 N–H and O–H groups in total. The van der Waals surface area contributed by atoms with E-state index < -0.39 is 74.6 Å². The lowest BCUT2D eigenvalue weighted by Gasteiger charge is -2.45. The summed E-state index contributed by atoms with van der Waals surface area (Å²) in [6.45, 7) is -0.913. The van der Waals surface area contributed by atoms with Gasteiger partial charge >= 0.3 is 0 Å². The second-order valence-electron chi connectivity index (χ2n) is 9.70. The molecule has 2 heterocycles. The zero-order valence-electron chi connectivity index (χ0n) is 20.0. The van der Waals surface area contributed by atoms with Crippen LogP contribution in [0.4, 0.5) is 0 Å². The number of ether oxygens (including phenoxy) is 4. The SMILES string of the molecule is OC[C@H]1O[C@H](O[C@H]2[C@H](O)[C@@H](O)[C@H](OCCCCCC[C@H]3C=CCCC3)O[C@@H]2CO)[C@H](O)[C@@H](O)[C@@H]1O. The Morgan fingerprint density at radius 1 is 0.743 bits per heavy atom. The van der Waals surface area contributed by atoms with E-state index in [1.54, 1.807) is 0 Å². The van der Waals surface area contributed by atoms with Crippen molar-refractivity contribution in [3.63, 3.8) is 0 Å². The van der Waals surface area contributed by atoms with Crippen molar-refractivity contribution in [2.75, 3.05) is 19.8 Å². The third-order valence-corrected chi connectivity index (χ3v) is 7.07. The summed E-state index contributed by atoms with van der Waals surface area (Å²) in [6, 6.07) is 0. The summed E-state index contributed by atoms with van der Waals surface area (Å²) in [6.07, 6.45) is -0.859. The summed E-state index contributed by atoms with van der Waals surface area (Å²) < 4.78 is 22.1. The van der Waals surface area contributed by atoms with Crippen LogP contribution < -0.4 is 0 Å². The van der Waals surface area contributed by atoms with Gasteiger partial charge in [-0.05, 0) is 38.0 Å². The van der Waals surface area contributed by atoms with E-state index in [9.17, 15) is 35.7 Å². The third kappa shape index (κ3) is 7.65. The lowest BCUT2D eigenvalue weighted by molar-refractivity contribution is -0.359. The number of allylic oxidation sites excluding steroid dienone is 2. The van der Waals surface area contributed by atoms with Crippen molar-refractivity contribution in [3.05, 3.63) is 12.2 Å². The van der Waals surface area contributed by atoms with Gasteiger partial charge < -0.3 is 54.7 Å². The fourth-order valence-corrected chi connectivity index (χ4v) is 4.88. The summed E-state index contributed by atoms with van der Waals surface area (Å²) in [5.41, 5.74) is 0. The first-order valence-corrected chi connectivity index (χ1v) is 12.7. The first-order valence-electron chi connectivity index (χ1n) is 12.7. The van der Waals surface area contributed by atoms with Gasteiger partial charge in [0.25, 0.3) is 0 Å². The number of aliphatic hydroxyl groups excluding tert-OH is 7. The molecular formula is C24H42O11. The second-order valence-corrected chi connectivity index (χ2v) is 9.70. The van der Waals surface area contributed by atoms with Gasteiger partial charge in [-0.15, -0.1) is 0 Å². The monoisotopic (exact) mass is 506 g/mol. The first-order chi connectivity index (χ1) is 16.9. The summed E-state index contributed by atoms with van der Waals surface area (Å²) >= 11 is 0. The molecule has 2 aliphatic heterocycles. The van der Waals surface area contributed by atoms with Gasteiger partial charge in [0.15, 0.2) is 12.6 Å². The smallest absolute Gasteiger partial charge is 0.187 e. The second kappa shape index (κ2) is 14.3. The molecule has 0 aromatic heterocycles. The molecule has 11 nitrogen and oxygen atoms in total. The number of hydrogen-bond donors (Lipinski definition) is 7. The van der Waals surface area contributed by atoms with Gasteiger partial charge in [0, 0.05) is 6.61 Å². The Kier molecular flexibility index (Phi) is 11.8. The lowest BCUT2D eigenvalue weighted by Crippen LogP contribution is -2.64. The molecule has 0 aromatic rings. The fraction of sp³-hybridized carbons (Fsp3) is 0.917. The Hall–Kier alpha value is -0.700. The zero-order chi connectivity index (χ0) is 25.4. The van der Waals surface area contributed by atoms with Crippen LogP contribution in [-0.2, 0) is 18.9 Å². The maximum absolute atomic E-state index is 10.6. The Bertz CT molecular complexity index is 631. The third-order valence-electron chi connectivity index (χ3n) is 7.07. The summed E-state index contributed by atoms with van der Waals surface area (Å²) in [5.74, 6) is 0.695. The molecule has 35 heavy (non-hydrogen) atoms. The highest BCUT2D eigenvalue weighted by Crippen LogP contribution is 2.29. The van der Waals surface area contributed by atoms with Gasteiger partial charge in [-0.3, -0.25) is 0 Å². The van der Waals surface area contributed by atoms with Crippen molar-refractivity contribution in [2.24, 2.45) is 5.92 Å². The van der Waals surface area contributed by atoms with Crippen LogP contribution in [-0.4, -0.2) is 117 Å². The Morgan fingerprint density at radius 2 is 1.43 bits per heavy atom. The maximum atomic E-state index is 10.6. The minimum atomic E-state index is -1.69. The van der Waals surface area contributed by atoms with Crippen molar-refractivity contribution in [2.45, 2.75) is 113 Å². The van der Waals surface area contributed by atoms with E-state index in [1.165, 1.54) is 25.7 Å². The molecule has 3 rings (SSSR count). The van der Waals surface area contributed by atoms with Crippen molar-refractivity contribution < 1.29 is 54.7 Å². The average Bonchev–Trinajstić information content (AvgIpc) is 2.87. The molecule has 0 amide bonds. The molecule has 2 fully saturated rings. The van der Waals surface area contributed by atoms with Crippen LogP contribution in [0.25, 0.3) is 0 Å². The van der Waals surface area contributed by atoms with Crippen LogP contribution in [0, 0.1) is 5.92 Å². The van der Waals surface area contributed by atoms with E-state index in [4.69, 9.17) is 18.9 Å². The minimum Gasteiger partial charge on any atom is -0.394 e. The van der Waals surface area contributed by atoms with Gasteiger partial charge in [0.05, 0.1) is 13.2 Å². The van der Waals surface area contributed by atoms with Crippen molar-refractivity contribution >= 4 is 0 Å². The number of hydrogen-bond acceptors (Lipinski definition) is 11. The number of rotatable bonds is 12. The highest BCUT2D eigenvalue weighted by atomic mass is 16.7. The van der Waals surface area contributed by atoms with Crippen LogP contribution in [0.5, 0.6) is 0 Å². The van der Waals surface area contributed by atoms with E-state index in [0.29, 0.717) is 12.5 Å². The Balaban J connectivity index is 1.42. The lowest BCUT2D eigenvalue weighted by atomic mass is 9.91. The molecule has 0 unspecified atom stereocenters. The number of unbranched alkanes of at least 4 members (excludes halogenated alkanes) is 3. The van der Waals surface area contributed by atoms with E-state index in [1.807, 2.05) is 0 Å². The summed E-state index contributed by atoms with van der Waals surface area (Å²) in [7, 11) is 0. The zero-order valence-corrected chi connectivity index (χ0v) is 20.0. The minimum absolute atomic E-state index is 0.314. The number of aliphatic hydroxyl groups is 7. The van der Waals surface area contributed by atoms with Crippen LogP contribution >= 0.6 is 0 Å². The molecule has 11 atom stereocenters. The van der Waals surface area contributed by atoms with Gasteiger partial charge in [-0.2, -0.15) is 0 Å². The summed E-state index contributed by atoms with van der Waals surface area (Å²) in [5, 5.41) is 70.2. The molecule has 0 radical (unpaired) electrons. The van der Waals surface area contributed by atoms with Gasteiger partial charge in [-0.1, -0.05) is 31.4 Å². The normalized spacial score (nSPS) is 42.3. The van der Waals surface area contributed by atoms with E-state index in [2.05, 4.69) is 12.2 Å². The van der Waals surface area contributed by atoms with Crippen molar-refractivity contribution in [3.8, 4) is 0 Å². The fourth-order valence-electron chi connectivity index (χ4n) is 4.88. The van der Waals surface area contributed by atoms with Crippen molar-refractivity contribution in [1.29, 1.82) is 0 Å². The molecule has 0 saturated carbocycles. The molecular weight excluding hydrogens is 464 g/mol. The molecule has 0 aromatic carbocycles.